The van der Waals surface area contributed by atoms with Crippen LogP contribution in [0.4, 0.5) is 8.78 Å². The Bertz CT molecular complexity index is 429. The first-order valence-electron chi connectivity index (χ1n) is 3.87. The second kappa shape index (κ2) is 4.80. The molecule has 0 saturated carbocycles. The highest BCUT2D eigenvalue weighted by atomic mass is 35.5. The van der Waals surface area contributed by atoms with Gasteiger partial charge < -0.3 is 0 Å². The van der Waals surface area contributed by atoms with Crippen molar-refractivity contribution in [3.63, 3.8) is 0 Å². The van der Waals surface area contributed by atoms with Crippen LogP contribution in [0.1, 0.15) is 33.7 Å². The van der Waals surface area contributed by atoms with Crippen LogP contribution in [-0.2, 0) is 5.88 Å². The van der Waals surface area contributed by atoms with Crippen molar-refractivity contribution >= 4 is 17.9 Å². The molecule has 0 fully saturated rings. The number of nitriles is 1. The lowest BCUT2D eigenvalue weighted by atomic mass is 10.1. The molecule has 3 nitrogen and oxygen atoms in total. The molecule has 0 aliphatic carbocycles. The summed E-state index contributed by atoms with van der Waals surface area (Å²) in [6.45, 7) is 0. The molecular formula is C9H5ClF2N2O. The molecule has 0 aromatic carbocycles. The van der Waals surface area contributed by atoms with Crippen LogP contribution in [0.15, 0.2) is 6.07 Å². The first-order chi connectivity index (χ1) is 7.13. The lowest BCUT2D eigenvalue weighted by Gasteiger charge is -2.06. The number of carbonyl (C=O) groups is 1. The van der Waals surface area contributed by atoms with E-state index in [1.807, 2.05) is 0 Å². The van der Waals surface area contributed by atoms with Crippen molar-refractivity contribution in [3.8, 4) is 6.07 Å². The Hall–Kier alpha value is -1.54. The number of alkyl halides is 3. The van der Waals surface area contributed by atoms with Gasteiger partial charge in [-0.2, -0.15) is 5.26 Å². The average molecular weight is 231 g/mol. The molecule has 0 saturated heterocycles. The van der Waals surface area contributed by atoms with Gasteiger partial charge in [-0.15, -0.1) is 11.6 Å². The Morgan fingerprint density at radius 2 is 2.33 bits per heavy atom. The van der Waals surface area contributed by atoms with Crippen molar-refractivity contribution in [2.45, 2.75) is 12.3 Å². The molecule has 6 heteroatoms. The molecule has 1 heterocycles. The third kappa shape index (κ3) is 2.28. The SMILES string of the molecule is N#Cc1c(C=O)cc(CCl)nc1C(F)F. The van der Waals surface area contributed by atoms with E-state index in [1.54, 1.807) is 0 Å². The van der Waals surface area contributed by atoms with Gasteiger partial charge in [0.05, 0.1) is 17.1 Å². The quantitative estimate of drug-likeness (QED) is 0.592. The van der Waals surface area contributed by atoms with E-state index in [0.29, 0.717) is 6.29 Å². The van der Waals surface area contributed by atoms with E-state index in [9.17, 15) is 13.6 Å². The van der Waals surface area contributed by atoms with E-state index >= 15 is 0 Å². The number of aldehydes is 1. The Labute approximate surface area is 89.3 Å². The highest BCUT2D eigenvalue weighted by molar-refractivity contribution is 6.16. The maximum Gasteiger partial charge on any atom is 0.281 e. The molecule has 0 aliphatic rings. The molecule has 0 radical (unpaired) electrons. The fourth-order valence-corrected chi connectivity index (χ4v) is 1.22. The summed E-state index contributed by atoms with van der Waals surface area (Å²) in [5.41, 5.74) is -1.06. The van der Waals surface area contributed by atoms with Crippen LogP contribution in [0.25, 0.3) is 0 Å². The minimum Gasteiger partial charge on any atom is -0.298 e. The summed E-state index contributed by atoms with van der Waals surface area (Å²) in [5.74, 6) is -0.0910. The van der Waals surface area contributed by atoms with E-state index in [0.717, 1.165) is 0 Å². The second-order valence-electron chi connectivity index (χ2n) is 2.63. The van der Waals surface area contributed by atoms with Gasteiger partial charge >= 0.3 is 0 Å². The van der Waals surface area contributed by atoms with Crippen LogP contribution in [0, 0.1) is 11.3 Å². The first kappa shape index (κ1) is 11.5. The van der Waals surface area contributed by atoms with Gasteiger partial charge in [0, 0.05) is 5.56 Å². The summed E-state index contributed by atoms with van der Waals surface area (Å²) in [7, 11) is 0. The van der Waals surface area contributed by atoms with E-state index in [2.05, 4.69) is 4.98 Å². The molecule has 1 aromatic heterocycles. The predicted molar refractivity (Wildman–Crippen MR) is 48.9 cm³/mol. The predicted octanol–water partition coefficient (Wildman–Crippen LogP) is 2.44. The zero-order chi connectivity index (χ0) is 11.4. The lowest BCUT2D eigenvalue weighted by molar-refractivity contribution is 0.112. The number of halogens is 3. The fourth-order valence-electron chi connectivity index (χ4n) is 1.08. The van der Waals surface area contributed by atoms with Crippen LogP contribution in [0.2, 0.25) is 0 Å². The van der Waals surface area contributed by atoms with E-state index in [-0.39, 0.29) is 17.1 Å². The Balaban J connectivity index is 3.47. The zero-order valence-electron chi connectivity index (χ0n) is 7.38. The molecule has 1 aromatic rings. The van der Waals surface area contributed by atoms with E-state index in [4.69, 9.17) is 16.9 Å². The molecule has 0 aliphatic heterocycles. The van der Waals surface area contributed by atoms with Crippen molar-refractivity contribution in [2.24, 2.45) is 0 Å². The fraction of sp³-hybridized carbons (Fsp3) is 0.222. The summed E-state index contributed by atoms with van der Waals surface area (Å²) >= 11 is 5.42. The normalized spacial score (nSPS) is 10.1. The van der Waals surface area contributed by atoms with Crippen molar-refractivity contribution in [1.82, 2.24) is 4.98 Å². The average Bonchev–Trinajstić information content (AvgIpc) is 2.26. The molecule has 0 amide bonds. The largest absolute Gasteiger partial charge is 0.298 e. The summed E-state index contributed by atoms with van der Waals surface area (Å²) in [6.07, 6.45) is -2.57. The molecule has 1 rings (SSSR count). The maximum absolute atomic E-state index is 12.5. The van der Waals surface area contributed by atoms with Gasteiger partial charge in [0.2, 0.25) is 0 Å². The van der Waals surface area contributed by atoms with E-state index in [1.165, 1.54) is 12.1 Å². The summed E-state index contributed by atoms with van der Waals surface area (Å²) < 4.78 is 24.9. The molecule has 0 spiro atoms. The monoisotopic (exact) mass is 230 g/mol. The third-order valence-corrected chi connectivity index (χ3v) is 1.99. The lowest BCUT2D eigenvalue weighted by Crippen LogP contribution is -2.03. The van der Waals surface area contributed by atoms with Crippen LogP contribution in [0.3, 0.4) is 0 Å². The minimum absolute atomic E-state index is 0.0910. The number of nitrogens with zero attached hydrogens (tertiary/aromatic N) is 2. The molecule has 0 unspecified atom stereocenters. The number of rotatable bonds is 3. The van der Waals surface area contributed by atoms with Crippen LogP contribution in [-0.4, -0.2) is 11.3 Å². The number of hydrogen-bond acceptors (Lipinski definition) is 3. The molecule has 0 N–H and O–H groups in total. The molecule has 15 heavy (non-hydrogen) atoms. The summed E-state index contributed by atoms with van der Waals surface area (Å²) in [6, 6.07) is 2.76. The summed E-state index contributed by atoms with van der Waals surface area (Å²) in [5, 5.41) is 8.63. The summed E-state index contributed by atoms with van der Waals surface area (Å²) in [4.78, 5) is 14.1. The highest BCUT2D eigenvalue weighted by Crippen LogP contribution is 2.23. The van der Waals surface area contributed by atoms with Crippen molar-refractivity contribution < 1.29 is 13.6 Å². The smallest absolute Gasteiger partial charge is 0.281 e. The van der Waals surface area contributed by atoms with Crippen molar-refractivity contribution in [1.29, 1.82) is 5.26 Å². The van der Waals surface area contributed by atoms with Crippen LogP contribution in [0.5, 0.6) is 0 Å². The molecule has 78 valence electrons. The van der Waals surface area contributed by atoms with Gasteiger partial charge in [0.25, 0.3) is 6.43 Å². The van der Waals surface area contributed by atoms with Crippen LogP contribution >= 0.6 is 11.6 Å². The van der Waals surface area contributed by atoms with Crippen molar-refractivity contribution in [2.75, 3.05) is 0 Å². The van der Waals surface area contributed by atoms with E-state index < -0.39 is 17.7 Å². The van der Waals surface area contributed by atoms with Gasteiger partial charge in [-0.25, -0.2) is 13.8 Å². The zero-order valence-corrected chi connectivity index (χ0v) is 8.13. The second-order valence-corrected chi connectivity index (χ2v) is 2.89. The number of aromatic nitrogens is 1. The van der Waals surface area contributed by atoms with Gasteiger partial charge in [-0.05, 0) is 6.07 Å². The third-order valence-electron chi connectivity index (χ3n) is 1.71. The first-order valence-corrected chi connectivity index (χ1v) is 4.40. The highest BCUT2D eigenvalue weighted by Gasteiger charge is 2.19. The molecule has 0 atom stereocenters. The van der Waals surface area contributed by atoms with Gasteiger partial charge in [0.1, 0.15) is 11.8 Å². The number of hydrogen-bond donors (Lipinski definition) is 0. The van der Waals surface area contributed by atoms with Crippen molar-refractivity contribution in [3.05, 3.63) is 28.6 Å². The Kier molecular flexibility index (Phi) is 3.69. The topological polar surface area (TPSA) is 53.8 Å². The molecule has 0 bridgehead atoms. The standard InChI is InChI=1S/C9H5ClF2N2O/c10-2-6-1-5(4-15)7(3-13)8(14-6)9(11)12/h1,4,9H,2H2. The Morgan fingerprint density at radius 3 is 2.73 bits per heavy atom. The van der Waals surface area contributed by atoms with Gasteiger partial charge in [0.15, 0.2) is 6.29 Å². The maximum atomic E-state index is 12.5. The molecular weight excluding hydrogens is 226 g/mol. The minimum atomic E-state index is -2.90. The van der Waals surface area contributed by atoms with Crippen LogP contribution < -0.4 is 0 Å². The number of carbonyl (C=O) groups excluding carboxylic acids is 1. The van der Waals surface area contributed by atoms with Gasteiger partial charge in [-0.1, -0.05) is 0 Å². The Morgan fingerprint density at radius 1 is 1.67 bits per heavy atom. The van der Waals surface area contributed by atoms with Gasteiger partial charge in [-0.3, -0.25) is 4.79 Å². The number of pyridine rings is 1.